The standard InChI is InChI=1S/C16H23N3O3/c1-4-19-14(20)11-12(15(19)21)22-16(3)8-10(2)9-18(13(11)16)7-5-6-17/h10-13H,4-5,7-9H2,1-3H3/t10-,11?,12-,13-,16-/m0/s1. The predicted molar refractivity (Wildman–Crippen MR) is 78.5 cm³/mol. The normalized spacial score (nSPS) is 41.5. The van der Waals surface area contributed by atoms with Gasteiger partial charge in [0.1, 0.15) is 0 Å². The molecule has 0 aromatic heterocycles. The van der Waals surface area contributed by atoms with Crippen molar-refractivity contribution in [2.24, 2.45) is 11.8 Å². The quantitative estimate of drug-likeness (QED) is 0.720. The third-order valence-electron chi connectivity index (χ3n) is 5.27. The van der Waals surface area contributed by atoms with Gasteiger partial charge in [0, 0.05) is 26.1 Å². The number of imide groups is 1. The summed E-state index contributed by atoms with van der Waals surface area (Å²) in [7, 11) is 0. The highest BCUT2D eigenvalue weighted by molar-refractivity contribution is 6.07. The van der Waals surface area contributed by atoms with Crippen LogP contribution in [0.15, 0.2) is 0 Å². The van der Waals surface area contributed by atoms with Gasteiger partial charge in [-0.2, -0.15) is 5.26 Å². The number of nitriles is 1. The van der Waals surface area contributed by atoms with Crippen molar-refractivity contribution in [3.8, 4) is 6.07 Å². The maximum Gasteiger partial charge on any atom is 0.259 e. The first-order chi connectivity index (χ1) is 10.4. The molecule has 0 aliphatic carbocycles. The van der Waals surface area contributed by atoms with Crippen molar-refractivity contribution in [3.05, 3.63) is 0 Å². The Morgan fingerprint density at radius 2 is 2.14 bits per heavy atom. The number of amides is 2. The Hall–Kier alpha value is -1.45. The molecule has 3 rings (SSSR count). The summed E-state index contributed by atoms with van der Waals surface area (Å²) in [6.07, 6.45) is 0.633. The summed E-state index contributed by atoms with van der Waals surface area (Å²) < 4.78 is 6.14. The molecule has 3 saturated heterocycles. The van der Waals surface area contributed by atoms with Crippen molar-refractivity contribution >= 4 is 11.8 Å². The lowest BCUT2D eigenvalue weighted by Crippen LogP contribution is -2.59. The van der Waals surface area contributed by atoms with Gasteiger partial charge in [-0.1, -0.05) is 6.92 Å². The van der Waals surface area contributed by atoms with Gasteiger partial charge in [-0.15, -0.1) is 0 Å². The second-order valence-electron chi connectivity index (χ2n) is 6.95. The van der Waals surface area contributed by atoms with Crippen molar-refractivity contribution in [1.82, 2.24) is 9.80 Å². The smallest absolute Gasteiger partial charge is 0.259 e. The van der Waals surface area contributed by atoms with Crippen molar-refractivity contribution in [3.63, 3.8) is 0 Å². The topological polar surface area (TPSA) is 73.6 Å². The summed E-state index contributed by atoms with van der Waals surface area (Å²) in [5.74, 6) is -0.293. The number of rotatable bonds is 3. The molecule has 0 bridgehead atoms. The molecule has 6 nitrogen and oxygen atoms in total. The molecule has 0 spiro atoms. The second kappa shape index (κ2) is 5.32. The molecule has 6 heteroatoms. The summed E-state index contributed by atoms with van der Waals surface area (Å²) in [4.78, 5) is 28.6. The van der Waals surface area contributed by atoms with Crippen LogP contribution in [-0.4, -0.2) is 59.0 Å². The molecule has 0 saturated carbocycles. The Morgan fingerprint density at radius 1 is 1.41 bits per heavy atom. The average Bonchev–Trinajstić information content (AvgIpc) is 2.88. The minimum atomic E-state index is -0.641. The summed E-state index contributed by atoms with van der Waals surface area (Å²) in [5, 5.41) is 8.89. The van der Waals surface area contributed by atoms with E-state index in [-0.39, 0.29) is 17.9 Å². The van der Waals surface area contributed by atoms with Crippen molar-refractivity contribution in [2.45, 2.75) is 51.4 Å². The van der Waals surface area contributed by atoms with Crippen LogP contribution in [0.4, 0.5) is 0 Å². The molecule has 3 aliphatic heterocycles. The molecule has 5 atom stereocenters. The molecule has 120 valence electrons. The van der Waals surface area contributed by atoms with Gasteiger partial charge in [-0.3, -0.25) is 19.4 Å². The zero-order valence-electron chi connectivity index (χ0n) is 13.4. The predicted octanol–water partition coefficient (Wildman–Crippen LogP) is 0.773. The second-order valence-corrected chi connectivity index (χ2v) is 6.95. The Bertz CT molecular complexity index is 543. The van der Waals surface area contributed by atoms with Crippen LogP contribution in [-0.2, 0) is 14.3 Å². The SMILES string of the molecule is CCN1C(=O)C2[C@H](O[C@@]3(C)C[C@H](C)CN(CCC#N)[C@@H]23)C1=O. The minimum absolute atomic E-state index is 0.102. The summed E-state index contributed by atoms with van der Waals surface area (Å²) in [6.45, 7) is 7.85. The van der Waals surface area contributed by atoms with Crippen LogP contribution in [0.2, 0.25) is 0 Å². The minimum Gasteiger partial charge on any atom is -0.360 e. The summed E-state index contributed by atoms with van der Waals surface area (Å²) >= 11 is 0. The molecule has 0 aromatic rings. The summed E-state index contributed by atoms with van der Waals surface area (Å²) in [5.41, 5.74) is -0.479. The van der Waals surface area contributed by atoms with Crippen molar-refractivity contribution < 1.29 is 14.3 Å². The molecule has 3 heterocycles. The number of likely N-dealkylation sites (N-methyl/N-ethyl adjacent to an activating group) is 1. The first kappa shape index (κ1) is 15.4. The van der Waals surface area contributed by atoms with E-state index in [2.05, 4.69) is 17.9 Å². The van der Waals surface area contributed by atoms with E-state index in [9.17, 15) is 9.59 Å². The van der Waals surface area contributed by atoms with E-state index in [1.807, 2.05) is 13.8 Å². The Balaban J connectivity index is 1.94. The van der Waals surface area contributed by atoms with Gasteiger partial charge < -0.3 is 4.74 Å². The molecular weight excluding hydrogens is 282 g/mol. The zero-order chi connectivity index (χ0) is 16.1. The highest BCUT2D eigenvalue weighted by Crippen LogP contribution is 2.49. The molecule has 22 heavy (non-hydrogen) atoms. The van der Waals surface area contributed by atoms with Gasteiger partial charge in [0.25, 0.3) is 5.91 Å². The van der Waals surface area contributed by atoms with Crippen LogP contribution in [0.3, 0.4) is 0 Å². The van der Waals surface area contributed by atoms with Crippen molar-refractivity contribution in [2.75, 3.05) is 19.6 Å². The lowest BCUT2D eigenvalue weighted by molar-refractivity contribution is -0.153. The van der Waals surface area contributed by atoms with Crippen LogP contribution < -0.4 is 0 Å². The number of carbonyl (C=O) groups is 2. The van der Waals surface area contributed by atoms with E-state index in [0.717, 1.165) is 13.0 Å². The number of fused-ring (bicyclic) bond motifs is 3. The molecule has 0 aromatic carbocycles. The highest BCUT2D eigenvalue weighted by Gasteiger charge is 2.65. The average molecular weight is 305 g/mol. The van der Waals surface area contributed by atoms with E-state index in [1.165, 1.54) is 4.90 Å². The molecule has 3 fully saturated rings. The first-order valence-corrected chi connectivity index (χ1v) is 8.07. The third kappa shape index (κ3) is 2.07. The monoisotopic (exact) mass is 305 g/mol. The maximum absolute atomic E-state index is 12.7. The van der Waals surface area contributed by atoms with Crippen LogP contribution in [0, 0.1) is 23.2 Å². The van der Waals surface area contributed by atoms with E-state index >= 15 is 0 Å². The Kier molecular flexibility index (Phi) is 3.74. The number of hydrogen-bond acceptors (Lipinski definition) is 5. The lowest BCUT2D eigenvalue weighted by Gasteiger charge is -2.47. The van der Waals surface area contributed by atoms with Gasteiger partial charge in [0.15, 0.2) is 6.10 Å². The van der Waals surface area contributed by atoms with Crippen LogP contribution in [0.1, 0.15) is 33.6 Å². The van der Waals surface area contributed by atoms with E-state index in [1.54, 1.807) is 0 Å². The summed E-state index contributed by atoms with van der Waals surface area (Å²) in [6, 6.07) is 2.08. The number of hydrogen-bond donors (Lipinski definition) is 0. The fourth-order valence-corrected chi connectivity index (χ4v) is 4.68. The molecule has 1 unspecified atom stereocenters. The number of likely N-dealkylation sites (tertiary alicyclic amines) is 2. The van der Waals surface area contributed by atoms with Crippen LogP contribution >= 0.6 is 0 Å². The largest absolute Gasteiger partial charge is 0.360 e. The van der Waals surface area contributed by atoms with E-state index in [4.69, 9.17) is 10.00 Å². The zero-order valence-corrected chi connectivity index (χ0v) is 13.4. The Labute approximate surface area is 131 Å². The van der Waals surface area contributed by atoms with Crippen molar-refractivity contribution in [1.29, 1.82) is 5.26 Å². The maximum atomic E-state index is 12.7. The van der Waals surface area contributed by atoms with Gasteiger partial charge in [-0.05, 0) is 26.2 Å². The van der Waals surface area contributed by atoms with E-state index in [0.29, 0.717) is 25.4 Å². The number of nitrogens with zero attached hydrogens (tertiary/aromatic N) is 3. The molecule has 2 amide bonds. The third-order valence-corrected chi connectivity index (χ3v) is 5.27. The molecule has 3 aliphatic rings. The highest BCUT2D eigenvalue weighted by atomic mass is 16.5. The van der Waals surface area contributed by atoms with E-state index < -0.39 is 17.6 Å². The lowest BCUT2D eigenvalue weighted by atomic mass is 9.77. The van der Waals surface area contributed by atoms with Gasteiger partial charge in [0.2, 0.25) is 5.91 Å². The Morgan fingerprint density at radius 3 is 2.77 bits per heavy atom. The number of ether oxygens (including phenoxy) is 1. The first-order valence-electron chi connectivity index (χ1n) is 8.07. The fourth-order valence-electron chi connectivity index (χ4n) is 4.68. The molecule has 0 radical (unpaired) electrons. The number of piperidine rings is 1. The van der Waals surface area contributed by atoms with Crippen LogP contribution in [0.5, 0.6) is 0 Å². The fraction of sp³-hybridized carbons (Fsp3) is 0.812. The number of carbonyl (C=O) groups excluding carboxylic acids is 2. The molecular formula is C16H23N3O3. The molecule has 0 N–H and O–H groups in total. The van der Waals surface area contributed by atoms with Gasteiger partial charge in [0.05, 0.1) is 23.6 Å². The van der Waals surface area contributed by atoms with Gasteiger partial charge in [-0.25, -0.2) is 0 Å². The van der Waals surface area contributed by atoms with Crippen LogP contribution in [0.25, 0.3) is 0 Å². The van der Waals surface area contributed by atoms with Gasteiger partial charge >= 0.3 is 0 Å².